The topological polar surface area (TPSA) is 105 Å². The van der Waals surface area contributed by atoms with Crippen LogP contribution in [0.5, 0.6) is 0 Å². The summed E-state index contributed by atoms with van der Waals surface area (Å²) in [6.45, 7) is 4.56. The molecule has 0 rings (SSSR count). The van der Waals surface area contributed by atoms with Crippen LogP contribution in [0.25, 0.3) is 0 Å². The molecule has 3 unspecified atom stereocenters. The SMILES string of the molecule is CC/C=C\C/C=C\C/C=C\C/C=C\C/C=C\CCCCCCCCCCCC(=O)NC(COP(=O)(O)OCC[N+](C)(C)C)C(O)/C=C/CC/C=C/CC/C=C/CCC. The van der Waals surface area contributed by atoms with E-state index in [4.69, 9.17) is 9.05 Å². The Labute approximate surface area is 356 Å². The zero-order valence-corrected chi connectivity index (χ0v) is 38.4. The Morgan fingerprint density at radius 3 is 1.57 bits per heavy atom. The molecule has 0 aliphatic rings. The predicted octanol–water partition coefficient (Wildman–Crippen LogP) is 12.7. The molecule has 1 amide bonds. The lowest BCUT2D eigenvalue weighted by Gasteiger charge is -2.25. The van der Waals surface area contributed by atoms with Gasteiger partial charge in [0.25, 0.3) is 0 Å². The molecule has 0 heterocycles. The summed E-state index contributed by atoms with van der Waals surface area (Å²) in [4.78, 5) is 23.1. The Morgan fingerprint density at radius 1 is 0.603 bits per heavy atom. The predicted molar refractivity (Wildman–Crippen MR) is 249 cm³/mol. The number of carbonyl (C=O) groups excluding carboxylic acids is 1. The van der Waals surface area contributed by atoms with E-state index in [0.29, 0.717) is 17.4 Å². The molecule has 0 saturated carbocycles. The van der Waals surface area contributed by atoms with Crippen LogP contribution < -0.4 is 5.32 Å². The van der Waals surface area contributed by atoms with Crippen molar-refractivity contribution in [2.24, 2.45) is 0 Å². The van der Waals surface area contributed by atoms with Crippen LogP contribution in [0.3, 0.4) is 0 Å². The number of unbranched alkanes of at least 4 members (excludes halogenated alkanes) is 12. The number of quaternary nitrogens is 1. The highest BCUT2D eigenvalue weighted by Gasteiger charge is 2.27. The lowest BCUT2D eigenvalue weighted by molar-refractivity contribution is -0.870. The number of aliphatic hydroxyl groups is 1. The minimum absolute atomic E-state index is 0.0467. The number of allylic oxidation sites excluding steroid dienone is 15. The Morgan fingerprint density at radius 2 is 1.05 bits per heavy atom. The lowest BCUT2D eigenvalue weighted by Crippen LogP contribution is -2.45. The molecule has 0 aromatic carbocycles. The van der Waals surface area contributed by atoms with Gasteiger partial charge in [-0.2, -0.15) is 0 Å². The lowest BCUT2D eigenvalue weighted by atomic mass is 10.1. The molecule has 0 radical (unpaired) electrons. The molecule has 0 aliphatic heterocycles. The third-order valence-corrected chi connectivity index (χ3v) is 10.2. The number of likely N-dealkylation sites (N-methyl/N-ethyl adjacent to an activating group) is 1. The second-order valence-electron chi connectivity index (χ2n) is 16.0. The quantitative estimate of drug-likeness (QED) is 0.0247. The smallest absolute Gasteiger partial charge is 0.387 e. The molecule has 58 heavy (non-hydrogen) atoms. The summed E-state index contributed by atoms with van der Waals surface area (Å²) in [6.07, 6.45) is 56.3. The molecule has 0 bridgehead atoms. The van der Waals surface area contributed by atoms with Gasteiger partial charge in [-0.25, -0.2) is 4.57 Å². The summed E-state index contributed by atoms with van der Waals surface area (Å²) in [5.74, 6) is -0.205. The molecule has 332 valence electrons. The van der Waals surface area contributed by atoms with Gasteiger partial charge in [0, 0.05) is 6.42 Å². The van der Waals surface area contributed by atoms with E-state index in [9.17, 15) is 19.4 Å². The van der Waals surface area contributed by atoms with Crippen molar-refractivity contribution in [3.05, 3.63) is 97.2 Å². The van der Waals surface area contributed by atoms with Crippen LogP contribution >= 0.6 is 7.82 Å². The van der Waals surface area contributed by atoms with Gasteiger partial charge in [0.1, 0.15) is 13.2 Å². The average molecular weight is 830 g/mol. The fourth-order valence-corrected chi connectivity index (χ4v) is 6.43. The molecular formula is C49H86N2O6P+. The van der Waals surface area contributed by atoms with Crippen LogP contribution in [0, 0.1) is 0 Å². The normalized spacial score (nSPS) is 15.2. The van der Waals surface area contributed by atoms with Crippen LogP contribution in [0.1, 0.15) is 155 Å². The second kappa shape index (κ2) is 39.9. The van der Waals surface area contributed by atoms with Crippen molar-refractivity contribution in [3.8, 4) is 0 Å². The number of hydrogen-bond donors (Lipinski definition) is 3. The number of phosphoric ester groups is 1. The maximum absolute atomic E-state index is 12.9. The Hall–Kier alpha value is -2.58. The summed E-state index contributed by atoms with van der Waals surface area (Å²) >= 11 is 0. The molecule has 0 spiro atoms. The van der Waals surface area contributed by atoms with Gasteiger partial charge < -0.3 is 19.8 Å². The molecule has 0 aliphatic carbocycles. The van der Waals surface area contributed by atoms with Crippen LogP contribution in [0.4, 0.5) is 0 Å². The van der Waals surface area contributed by atoms with E-state index in [1.54, 1.807) is 6.08 Å². The van der Waals surface area contributed by atoms with Crippen molar-refractivity contribution in [1.82, 2.24) is 5.32 Å². The van der Waals surface area contributed by atoms with Crippen molar-refractivity contribution < 1.29 is 32.9 Å². The minimum atomic E-state index is -4.35. The first-order chi connectivity index (χ1) is 28.0. The molecule has 0 aromatic heterocycles. The molecule has 0 aromatic rings. The summed E-state index contributed by atoms with van der Waals surface area (Å²) in [6, 6.07) is -0.877. The highest BCUT2D eigenvalue weighted by Crippen LogP contribution is 2.43. The number of aliphatic hydroxyl groups excluding tert-OH is 1. The van der Waals surface area contributed by atoms with Gasteiger partial charge in [-0.3, -0.25) is 13.8 Å². The van der Waals surface area contributed by atoms with E-state index >= 15 is 0 Å². The van der Waals surface area contributed by atoms with Crippen LogP contribution in [0.15, 0.2) is 97.2 Å². The molecule has 0 fully saturated rings. The number of nitrogens with one attached hydrogen (secondary N) is 1. The van der Waals surface area contributed by atoms with Crippen molar-refractivity contribution >= 4 is 13.7 Å². The van der Waals surface area contributed by atoms with Crippen molar-refractivity contribution in [2.75, 3.05) is 40.9 Å². The van der Waals surface area contributed by atoms with E-state index in [1.165, 1.54) is 44.9 Å². The minimum Gasteiger partial charge on any atom is -0.387 e. The van der Waals surface area contributed by atoms with E-state index in [2.05, 4.69) is 104 Å². The van der Waals surface area contributed by atoms with Gasteiger partial charge in [-0.1, -0.05) is 162 Å². The molecule has 3 N–H and O–H groups in total. The summed E-state index contributed by atoms with van der Waals surface area (Å²) in [5.41, 5.74) is 0. The van der Waals surface area contributed by atoms with Crippen LogP contribution in [-0.2, 0) is 18.4 Å². The number of carbonyl (C=O) groups is 1. The monoisotopic (exact) mass is 830 g/mol. The molecule has 3 atom stereocenters. The fraction of sp³-hybridized carbons (Fsp3) is 0.653. The van der Waals surface area contributed by atoms with Crippen LogP contribution in [-0.4, -0.2) is 73.4 Å². The number of rotatable bonds is 39. The highest BCUT2D eigenvalue weighted by atomic mass is 31.2. The maximum atomic E-state index is 12.9. The molecule has 0 saturated heterocycles. The second-order valence-corrected chi connectivity index (χ2v) is 17.5. The van der Waals surface area contributed by atoms with E-state index in [0.717, 1.165) is 89.9 Å². The molecular weight excluding hydrogens is 744 g/mol. The summed E-state index contributed by atoms with van der Waals surface area (Å²) in [5, 5.41) is 13.8. The van der Waals surface area contributed by atoms with Gasteiger partial charge in [-0.05, 0) is 83.5 Å². The van der Waals surface area contributed by atoms with E-state index in [1.807, 2.05) is 27.2 Å². The highest BCUT2D eigenvalue weighted by molar-refractivity contribution is 7.47. The first-order valence-electron chi connectivity index (χ1n) is 22.6. The van der Waals surface area contributed by atoms with Gasteiger partial charge in [0.2, 0.25) is 5.91 Å². The zero-order valence-electron chi connectivity index (χ0n) is 37.5. The van der Waals surface area contributed by atoms with E-state index in [-0.39, 0.29) is 19.1 Å². The summed E-state index contributed by atoms with van der Waals surface area (Å²) < 4.78 is 23.5. The Bertz CT molecular complexity index is 1260. The third-order valence-electron chi connectivity index (χ3n) is 9.25. The summed E-state index contributed by atoms with van der Waals surface area (Å²) in [7, 11) is 1.52. The first kappa shape index (κ1) is 55.4. The van der Waals surface area contributed by atoms with Gasteiger partial charge in [-0.15, -0.1) is 0 Å². The van der Waals surface area contributed by atoms with E-state index < -0.39 is 20.0 Å². The number of nitrogens with zero attached hydrogens (tertiary/aromatic N) is 1. The zero-order chi connectivity index (χ0) is 42.8. The van der Waals surface area contributed by atoms with Crippen molar-refractivity contribution in [1.29, 1.82) is 0 Å². The van der Waals surface area contributed by atoms with Gasteiger partial charge in [0.15, 0.2) is 0 Å². The maximum Gasteiger partial charge on any atom is 0.472 e. The number of amides is 1. The largest absolute Gasteiger partial charge is 0.472 e. The average Bonchev–Trinajstić information content (AvgIpc) is 3.17. The number of hydrogen-bond acceptors (Lipinski definition) is 5. The first-order valence-corrected chi connectivity index (χ1v) is 24.1. The Kier molecular flexibility index (Phi) is 38.1. The molecule has 9 heteroatoms. The number of phosphoric acid groups is 1. The van der Waals surface area contributed by atoms with Crippen molar-refractivity contribution in [3.63, 3.8) is 0 Å². The van der Waals surface area contributed by atoms with Crippen molar-refractivity contribution in [2.45, 2.75) is 167 Å². The fourth-order valence-electron chi connectivity index (χ4n) is 5.69. The third kappa shape index (κ3) is 41.6. The van der Waals surface area contributed by atoms with Gasteiger partial charge >= 0.3 is 7.82 Å². The van der Waals surface area contributed by atoms with Crippen LogP contribution in [0.2, 0.25) is 0 Å². The molecule has 8 nitrogen and oxygen atoms in total. The van der Waals surface area contributed by atoms with Gasteiger partial charge in [0.05, 0.1) is 39.9 Å². The standard InChI is InChI=1S/C49H85N2O6P/c1-6-8-10-12-14-16-18-19-20-21-22-23-24-25-26-27-28-29-30-31-33-35-37-39-41-43-49(53)50-47(46-57-58(54,55)56-45-44-51(3,4)5)48(52)42-40-38-36-34-32-17-15-13-11-9-7-2/h8,10-11,13-14,16,19-20,22-23,25-26,32,34,40,42,47-48,52H,6-7,9,12,15,17-18,21,24,27-31,33,35-39,41,43-46H2,1-5H3,(H-,50,53,54,55)/p+1/b10-8-,13-11+,16-14-,20-19-,23-22-,26-25-,34-32+,42-40+. The Balaban J connectivity index is 4.33.